The second kappa shape index (κ2) is 11.3. The fourth-order valence-corrected chi connectivity index (χ4v) is 4.79. The van der Waals surface area contributed by atoms with Crippen LogP contribution < -0.4 is 10.1 Å². The van der Waals surface area contributed by atoms with Gasteiger partial charge in [0.2, 0.25) is 5.91 Å². The number of carbonyl (C=O) groups excluding carboxylic acids is 2. The Kier molecular flexibility index (Phi) is 8.00. The quantitative estimate of drug-likeness (QED) is 0.669. The third kappa shape index (κ3) is 6.35. The number of rotatable bonds is 8. The molecule has 4 rings (SSSR count). The smallest absolute Gasteiger partial charge is 0.260 e. The van der Waals surface area contributed by atoms with Crippen LogP contribution in [0.1, 0.15) is 42.9 Å². The SMILES string of the molecule is Cc1ccc(C(CNC(=O)C2CCN(C(=O)COc3ccccc3)CC2)N2CCCC2)cc1. The molecule has 2 aromatic carbocycles. The number of aryl methyl sites for hydroxylation is 1. The van der Waals surface area contributed by atoms with E-state index in [4.69, 9.17) is 4.74 Å². The van der Waals surface area contributed by atoms with E-state index in [1.165, 1.54) is 24.0 Å². The van der Waals surface area contributed by atoms with Crippen molar-refractivity contribution in [1.29, 1.82) is 0 Å². The summed E-state index contributed by atoms with van der Waals surface area (Å²) < 4.78 is 5.58. The highest BCUT2D eigenvalue weighted by atomic mass is 16.5. The van der Waals surface area contributed by atoms with Gasteiger partial charge in [0.05, 0.1) is 6.04 Å². The maximum Gasteiger partial charge on any atom is 0.260 e. The van der Waals surface area contributed by atoms with E-state index < -0.39 is 0 Å². The number of piperidine rings is 1. The van der Waals surface area contributed by atoms with Gasteiger partial charge in [-0.1, -0.05) is 48.0 Å². The molecule has 1 N–H and O–H groups in total. The van der Waals surface area contributed by atoms with Gasteiger partial charge in [-0.15, -0.1) is 0 Å². The Morgan fingerprint density at radius 3 is 2.30 bits per heavy atom. The number of amides is 2. The summed E-state index contributed by atoms with van der Waals surface area (Å²) in [6.07, 6.45) is 3.83. The Hall–Kier alpha value is -2.86. The van der Waals surface area contributed by atoms with Gasteiger partial charge < -0.3 is 15.0 Å². The third-order valence-electron chi connectivity index (χ3n) is 6.84. The maximum absolute atomic E-state index is 12.9. The van der Waals surface area contributed by atoms with E-state index in [2.05, 4.69) is 41.4 Å². The van der Waals surface area contributed by atoms with E-state index in [1.807, 2.05) is 35.2 Å². The molecule has 0 radical (unpaired) electrons. The van der Waals surface area contributed by atoms with Gasteiger partial charge in [-0.3, -0.25) is 14.5 Å². The standard InChI is InChI=1S/C27H35N3O3/c1-21-9-11-22(12-10-21)25(29-15-5-6-16-29)19-28-27(32)23-13-17-30(18-14-23)26(31)20-33-24-7-3-2-4-8-24/h2-4,7-12,23,25H,5-6,13-20H2,1H3,(H,28,32). The van der Waals surface area contributed by atoms with Crippen molar-refractivity contribution in [3.63, 3.8) is 0 Å². The Bertz CT molecular complexity index is 902. The van der Waals surface area contributed by atoms with Gasteiger partial charge in [-0.2, -0.15) is 0 Å². The summed E-state index contributed by atoms with van der Waals surface area (Å²) in [6, 6.07) is 18.3. The largest absolute Gasteiger partial charge is 0.484 e. The summed E-state index contributed by atoms with van der Waals surface area (Å²) in [7, 11) is 0. The number of para-hydroxylation sites is 1. The first-order valence-corrected chi connectivity index (χ1v) is 12.1. The highest BCUT2D eigenvalue weighted by Gasteiger charge is 2.29. The molecule has 2 heterocycles. The summed E-state index contributed by atoms with van der Waals surface area (Å²) in [6.45, 7) is 6.13. The van der Waals surface area contributed by atoms with Crippen molar-refractivity contribution in [3.8, 4) is 5.75 Å². The highest BCUT2D eigenvalue weighted by Crippen LogP contribution is 2.25. The van der Waals surface area contributed by atoms with Crippen molar-refractivity contribution < 1.29 is 14.3 Å². The van der Waals surface area contributed by atoms with Crippen LogP contribution in [0.2, 0.25) is 0 Å². The molecule has 2 aromatic rings. The van der Waals surface area contributed by atoms with Crippen LogP contribution in [-0.2, 0) is 9.59 Å². The number of carbonyl (C=O) groups is 2. The van der Waals surface area contributed by atoms with Crippen molar-refractivity contribution >= 4 is 11.8 Å². The molecule has 0 saturated carbocycles. The molecule has 1 atom stereocenters. The van der Waals surface area contributed by atoms with Crippen LogP contribution in [0.25, 0.3) is 0 Å². The topological polar surface area (TPSA) is 61.9 Å². The van der Waals surface area contributed by atoms with Crippen LogP contribution in [0.15, 0.2) is 54.6 Å². The molecule has 0 bridgehead atoms. The minimum atomic E-state index is -0.0404. The second-order valence-corrected chi connectivity index (χ2v) is 9.17. The number of hydrogen-bond donors (Lipinski definition) is 1. The van der Waals surface area contributed by atoms with E-state index in [-0.39, 0.29) is 30.4 Å². The molecule has 0 aromatic heterocycles. The lowest BCUT2D eigenvalue weighted by Gasteiger charge is -2.32. The van der Waals surface area contributed by atoms with Gasteiger partial charge in [0.25, 0.3) is 5.91 Å². The van der Waals surface area contributed by atoms with Gasteiger partial charge >= 0.3 is 0 Å². The second-order valence-electron chi connectivity index (χ2n) is 9.17. The molecule has 176 valence electrons. The number of ether oxygens (including phenoxy) is 1. The number of nitrogens with one attached hydrogen (secondary N) is 1. The lowest BCUT2D eigenvalue weighted by Crippen LogP contribution is -2.45. The van der Waals surface area contributed by atoms with E-state index in [0.29, 0.717) is 38.2 Å². The first-order valence-electron chi connectivity index (χ1n) is 12.1. The monoisotopic (exact) mass is 449 g/mol. The van der Waals surface area contributed by atoms with Crippen LogP contribution in [0.3, 0.4) is 0 Å². The van der Waals surface area contributed by atoms with Crippen molar-refractivity contribution in [1.82, 2.24) is 15.1 Å². The van der Waals surface area contributed by atoms with E-state index in [9.17, 15) is 9.59 Å². The maximum atomic E-state index is 12.9. The zero-order valence-corrected chi connectivity index (χ0v) is 19.5. The fourth-order valence-electron chi connectivity index (χ4n) is 4.79. The van der Waals surface area contributed by atoms with Crippen molar-refractivity contribution in [3.05, 3.63) is 65.7 Å². The van der Waals surface area contributed by atoms with Gasteiger partial charge in [0, 0.05) is 25.6 Å². The molecule has 2 fully saturated rings. The summed E-state index contributed by atoms with van der Waals surface area (Å²) >= 11 is 0. The summed E-state index contributed by atoms with van der Waals surface area (Å²) in [5.41, 5.74) is 2.51. The minimum Gasteiger partial charge on any atom is -0.484 e. The normalized spacial score (nSPS) is 18.2. The minimum absolute atomic E-state index is 0.0221. The first kappa shape index (κ1) is 23.3. The lowest BCUT2D eigenvalue weighted by molar-refractivity contribution is -0.137. The van der Waals surface area contributed by atoms with E-state index >= 15 is 0 Å². The average molecular weight is 450 g/mol. The zero-order chi connectivity index (χ0) is 23.0. The highest BCUT2D eigenvalue weighted by molar-refractivity contribution is 5.80. The Labute approximate surface area is 196 Å². The molecule has 2 aliphatic rings. The van der Waals surface area contributed by atoms with Crippen LogP contribution >= 0.6 is 0 Å². The van der Waals surface area contributed by atoms with E-state index in [1.54, 1.807) is 0 Å². The number of likely N-dealkylation sites (tertiary alicyclic amines) is 2. The van der Waals surface area contributed by atoms with Crippen LogP contribution in [0.5, 0.6) is 5.75 Å². The number of benzene rings is 2. The molecule has 0 aliphatic carbocycles. The molecule has 0 spiro atoms. The van der Waals surface area contributed by atoms with Gasteiger partial charge in [-0.05, 0) is 63.4 Å². The fraction of sp³-hybridized carbons (Fsp3) is 0.481. The van der Waals surface area contributed by atoms with Crippen LogP contribution in [-0.4, -0.2) is 60.9 Å². The molecule has 33 heavy (non-hydrogen) atoms. The van der Waals surface area contributed by atoms with E-state index in [0.717, 1.165) is 13.1 Å². The molecule has 6 heteroatoms. The predicted octanol–water partition coefficient (Wildman–Crippen LogP) is 3.57. The number of nitrogens with zero attached hydrogens (tertiary/aromatic N) is 2. The Morgan fingerprint density at radius 1 is 0.970 bits per heavy atom. The van der Waals surface area contributed by atoms with Crippen molar-refractivity contribution in [2.45, 2.75) is 38.6 Å². The lowest BCUT2D eigenvalue weighted by atomic mass is 9.95. The average Bonchev–Trinajstić information content (AvgIpc) is 3.39. The summed E-state index contributed by atoms with van der Waals surface area (Å²) in [4.78, 5) is 29.7. The predicted molar refractivity (Wildman–Crippen MR) is 129 cm³/mol. The molecule has 2 amide bonds. The van der Waals surface area contributed by atoms with Crippen LogP contribution in [0, 0.1) is 12.8 Å². The molecule has 2 aliphatic heterocycles. The van der Waals surface area contributed by atoms with Gasteiger partial charge in [0.15, 0.2) is 6.61 Å². The molecule has 6 nitrogen and oxygen atoms in total. The van der Waals surface area contributed by atoms with Crippen LogP contribution in [0.4, 0.5) is 0 Å². The number of hydrogen-bond acceptors (Lipinski definition) is 4. The zero-order valence-electron chi connectivity index (χ0n) is 19.5. The van der Waals surface area contributed by atoms with Gasteiger partial charge in [-0.25, -0.2) is 0 Å². The molecule has 1 unspecified atom stereocenters. The van der Waals surface area contributed by atoms with Crippen molar-refractivity contribution in [2.24, 2.45) is 5.92 Å². The van der Waals surface area contributed by atoms with Crippen molar-refractivity contribution in [2.75, 3.05) is 39.3 Å². The third-order valence-corrected chi connectivity index (χ3v) is 6.84. The molecular weight excluding hydrogens is 414 g/mol. The molecule has 2 saturated heterocycles. The first-order chi connectivity index (χ1) is 16.1. The Balaban J connectivity index is 1.24. The summed E-state index contributed by atoms with van der Waals surface area (Å²) in [5.74, 6) is 0.743. The van der Waals surface area contributed by atoms with Gasteiger partial charge in [0.1, 0.15) is 5.75 Å². The molecular formula is C27H35N3O3. The summed E-state index contributed by atoms with van der Waals surface area (Å²) in [5, 5.41) is 3.22. The Morgan fingerprint density at radius 2 is 1.64 bits per heavy atom.